The fraction of sp³-hybridized carbons (Fsp3) is 0.250. The van der Waals surface area contributed by atoms with E-state index in [0.29, 0.717) is 0 Å². The number of rotatable bonds is 5. The number of nitrogens with one attached hydrogen (secondary N) is 1. The number of aromatic nitrogens is 1. The average molecular weight is 288 g/mol. The Bertz CT molecular complexity index is 649. The van der Waals surface area contributed by atoms with Gasteiger partial charge in [-0.2, -0.15) is 0 Å². The molecular weight excluding hydrogens is 271 g/mol. The molecule has 0 bridgehead atoms. The number of carboxylic acid groups (broad SMARTS) is 1. The number of aryl methyl sites for hydroxylation is 2. The van der Waals surface area contributed by atoms with E-state index in [0.717, 1.165) is 41.9 Å². The van der Waals surface area contributed by atoms with Gasteiger partial charge in [-0.25, -0.2) is 14.2 Å². The molecular formula is C16H17FN2O2. The van der Waals surface area contributed by atoms with Gasteiger partial charge in [-0.05, 0) is 30.0 Å². The first-order chi connectivity index (χ1) is 10.1. The number of benzene rings is 1. The van der Waals surface area contributed by atoms with E-state index in [9.17, 15) is 14.3 Å². The van der Waals surface area contributed by atoms with E-state index in [1.54, 1.807) is 0 Å². The van der Waals surface area contributed by atoms with E-state index < -0.39 is 11.8 Å². The maximum Gasteiger partial charge on any atom is 0.339 e. The van der Waals surface area contributed by atoms with E-state index in [-0.39, 0.29) is 11.4 Å². The molecule has 1 heterocycles. The lowest BCUT2D eigenvalue weighted by molar-refractivity contribution is 0.0697. The van der Waals surface area contributed by atoms with Crippen LogP contribution >= 0.6 is 0 Å². The summed E-state index contributed by atoms with van der Waals surface area (Å²) in [6, 6.07) is 6.90. The first kappa shape index (κ1) is 15.0. The number of carbonyl (C=O) groups is 1. The molecule has 2 aromatic rings. The summed E-state index contributed by atoms with van der Waals surface area (Å²) in [6.45, 7) is 4.05. The summed E-state index contributed by atoms with van der Waals surface area (Å²) in [5, 5.41) is 12.2. The molecule has 5 heteroatoms. The van der Waals surface area contributed by atoms with Crippen molar-refractivity contribution in [3.8, 4) is 0 Å². The van der Waals surface area contributed by atoms with Gasteiger partial charge in [0.25, 0.3) is 0 Å². The van der Waals surface area contributed by atoms with E-state index >= 15 is 0 Å². The smallest absolute Gasteiger partial charge is 0.339 e. The molecule has 4 nitrogen and oxygen atoms in total. The molecule has 21 heavy (non-hydrogen) atoms. The van der Waals surface area contributed by atoms with Gasteiger partial charge in [-0.1, -0.05) is 32.0 Å². The number of anilines is 2. The molecule has 0 amide bonds. The fourth-order valence-electron chi connectivity index (χ4n) is 2.22. The molecule has 110 valence electrons. The monoisotopic (exact) mass is 288 g/mol. The van der Waals surface area contributed by atoms with Gasteiger partial charge in [0.1, 0.15) is 17.2 Å². The van der Waals surface area contributed by atoms with Gasteiger partial charge >= 0.3 is 5.97 Å². The van der Waals surface area contributed by atoms with Crippen LogP contribution in [-0.4, -0.2) is 16.1 Å². The van der Waals surface area contributed by atoms with Gasteiger partial charge in [0.05, 0.1) is 6.20 Å². The Kier molecular flexibility index (Phi) is 4.52. The predicted molar refractivity (Wildman–Crippen MR) is 79.6 cm³/mol. The molecule has 2 N–H and O–H groups in total. The van der Waals surface area contributed by atoms with Crippen molar-refractivity contribution >= 4 is 17.5 Å². The predicted octanol–water partition coefficient (Wildman–Crippen LogP) is 3.79. The van der Waals surface area contributed by atoms with Crippen molar-refractivity contribution in [2.24, 2.45) is 0 Å². The van der Waals surface area contributed by atoms with Crippen molar-refractivity contribution in [3.63, 3.8) is 0 Å². The van der Waals surface area contributed by atoms with Crippen LogP contribution in [0.2, 0.25) is 0 Å². The van der Waals surface area contributed by atoms with Gasteiger partial charge in [0, 0.05) is 5.69 Å². The lowest BCUT2D eigenvalue weighted by Crippen LogP contribution is -2.08. The summed E-state index contributed by atoms with van der Waals surface area (Å²) >= 11 is 0. The molecule has 0 fully saturated rings. The summed E-state index contributed by atoms with van der Waals surface area (Å²) in [4.78, 5) is 15.1. The molecule has 0 atom stereocenters. The molecule has 0 saturated heterocycles. The van der Waals surface area contributed by atoms with Gasteiger partial charge in [-0.3, -0.25) is 0 Å². The molecule has 0 saturated carbocycles. The summed E-state index contributed by atoms with van der Waals surface area (Å²) in [7, 11) is 0. The van der Waals surface area contributed by atoms with Gasteiger partial charge in [0.2, 0.25) is 0 Å². The number of aromatic carboxylic acids is 1. The Morgan fingerprint density at radius 1 is 1.29 bits per heavy atom. The van der Waals surface area contributed by atoms with Crippen LogP contribution in [0.25, 0.3) is 0 Å². The van der Waals surface area contributed by atoms with Crippen LogP contribution in [0.4, 0.5) is 15.9 Å². The molecule has 0 unspecified atom stereocenters. The topological polar surface area (TPSA) is 62.2 Å². The zero-order valence-electron chi connectivity index (χ0n) is 12.0. The van der Waals surface area contributed by atoms with Crippen LogP contribution < -0.4 is 5.32 Å². The minimum Gasteiger partial charge on any atom is -0.478 e. The number of hydrogen-bond acceptors (Lipinski definition) is 3. The minimum absolute atomic E-state index is 0.152. The fourth-order valence-corrected chi connectivity index (χ4v) is 2.22. The molecule has 1 aromatic heterocycles. The highest BCUT2D eigenvalue weighted by molar-refractivity contribution is 5.94. The highest BCUT2D eigenvalue weighted by Crippen LogP contribution is 2.27. The zero-order chi connectivity index (χ0) is 15.4. The summed E-state index contributed by atoms with van der Waals surface area (Å²) in [6.07, 6.45) is 2.62. The third-order valence-corrected chi connectivity index (χ3v) is 3.33. The highest BCUT2D eigenvalue weighted by Gasteiger charge is 2.15. The maximum absolute atomic E-state index is 13.2. The largest absolute Gasteiger partial charge is 0.478 e. The Balaban J connectivity index is 2.50. The number of carboxylic acids is 1. The maximum atomic E-state index is 13.2. The van der Waals surface area contributed by atoms with E-state index in [1.807, 2.05) is 32.0 Å². The third-order valence-electron chi connectivity index (χ3n) is 3.33. The van der Waals surface area contributed by atoms with E-state index in [4.69, 9.17) is 0 Å². The summed E-state index contributed by atoms with van der Waals surface area (Å²) in [5.41, 5.74) is 2.81. The average Bonchev–Trinajstić information content (AvgIpc) is 2.48. The van der Waals surface area contributed by atoms with Crippen molar-refractivity contribution < 1.29 is 14.3 Å². The quantitative estimate of drug-likeness (QED) is 0.878. The molecule has 0 spiro atoms. The zero-order valence-corrected chi connectivity index (χ0v) is 12.0. The molecule has 1 aromatic carbocycles. The third kappa shape index (κ3) is 3.18. The van der Waals surface area contributed by atoms with Crippen molar-refractivity contribution in [3.05, 3.63) is 53.0 Å². The Hall–Kier alpha value is -2.43. The van der Waals surface area contributed by atoms with Crippen molar-refractivity contribution in [1.82, 2.24) is 4.98 Å². The normalized spacial score (nSPS) is 10.4. The second-order valence-corrected chi connectivity index (χ2v) is 4.64. The van der Waals surface area contributed by atoms with E-state index in [1.165, 1.54) is 0 Å². The lowest BCUT2D eigenvalue weighted by atomic mass is 10.0. The van der Waals surface area contributed by atoms with Crippen LogP contribution in [-0.2, 0) is 12.8 Å². The highest BCUT2D eigenvalue weighted by atomic mass is 19.1. The van der Waals surface area contributed by atoms with Crippen molar-refractivity contribution in [2.75, 3.05) is 5.32 Å². The molecule has 0 aliphatic rings. The van der Waals surface area contributed by atoms with Crippen molar-refractivity contribution in [1.29, 1.82) is 0 Å². The summed E-state index contributed by atoms with van der Waals surface area (Å²) in [5.74, 6) is -1.73. The second kappa shape index (κ2) is 6.35. The number of nitrogens with zero attached hydrogens (tertiary/aromatic N) is 1. The van der Waals surface area contributed by atoms with Crippen LogP contribution in [0.5, 0.6) is 0 Å². The second-order valence-electron chi connectivity index (χ2n) is 4.64. The molecule has 0 radical (unpaired) electrons. The van der Waals surface area contributed by atoms with Crippen LogP contribution in [0.1, 0.15) is 35.3 Å². The number of pyridine rings is 1. The van der Waals surface area contributed by atoms with Gasteiger partial charge < -0.3 is 10.4 Å². The van der Waals surface area contributed by atoms with Crippen molar-refractivity contribution in [2.45, 2.75) is 26.7 Å². The Morgan fingerprint density at radius 2 is 1.90 bits per heavy atom. The van der Waals surface area contributed by atoms with Crippen LogP contribution in [0.3, 0.4) is 0 Å². The summed E-state index contributed by atoms with van der Waals surface area (Å²) < 4.78 is 13.2. The standard InChI is InChI=1S/C16H17FN2O2/c1-3-10-6-5-7-11(4-2)14(10)19-15-13(16(20)21)8-12(17)9-18-15/h5-9H,3-4H2,1-2H3,(H,18,19)(H,20,21). The Labute approximate surface area is 122 Å². The van der Waals surface area contributed by atoms with Gasteiger partial charge in [-0.15, -0.1) is 0 Å². The first-order valence-electron chi connectivity index (χ1n) is 6.83. The van der Waals surface area contributed by atoms with Crippen LogP contribution in [0, 0.1) is 5.82 Å². The lowest BCUT2D eigenvalue weighted by Gasteiger charge is -2.16. The molecule has 2 rings (SSSR count). The van der Waals surface area contributed by atoms with Crippen LogP contribution in [0.15, 0.2) is 30.5 Å². The number of hydrogen-bond donors (Lipinski definition) is 2. The Morgan fingerprint density at radius 3 is 2.43 bits per heavy atom. The first-order valence-corrected chi connectivity index (χ1v) is 6.83. The number of para-hydroxylation sites is 1. The van der Waals surface area contributed by atoms with Gasteiger partial charge in [0.15, 0.2) is 0 Å². The SMILES string of the molecule is CCc1cccc(CC)c1Nc1ncc(F)cc1C(=O)O. The molecule has 0 aliphatic heterocycles. The molecule has 0 aliphatic carbocycles. The number of halogens is 1. The minimum atomic E-state index is -1.21. The van der Waals surface area contributed by atoms with E-state index in [2.05, 4.69) is 10.3 Å².